The summed E-state index contributed by atoms with van der Waals surface area (Å²) >= 11 is 0. The quantitative estimate of drug-likeness (QED) is 0.547. The number of nitrogens with one attached hydrogen (secondary N) is 2. The number of rotatable bonds is 6. The summed E-state index contributed by atoms with van der Waals surface area (Å²) in [6, 6.07) is 0. The Bertz CT molecular complexity index is 230. The molecule has 8 heteroatoms. The predicted octanol–water partition coefficient (Wildman–Crippen LogP) is -0.271. The Morgan fingerprint density at radius 3 is 2.33 bits per heavy atom. The first-order chi connectivity index (χ1) is 6.81. The van der Waals surface area contributed by atoms with E-state index >= 15 is 0 Å². The van der Waals surface area contributed by atoms with Crippen molar-refractivity contribution in [2.75, 3.05) is 19.6 Å². The fourth-order valence-electron chi connectivity index (χ4n) is 0.659. The molecule has 0 bridgehead atoms. The monoisotopic (exact) mass is 228 g/mol. The standard InChI is InChI=1S/C7H11F3N2O3/c8-7(9,10)4-12-5(13)3-11-2-1-6(14)15/h11H,1-4H2,(H,12,13)(H,14,15). The fraction of sp³-hybridized carbons (Fsp3) is 0.714. The molecule has 0 aromatic heterocycles. The summed E-state index contributed by atoms with van der Waals surface area (Å²) in [6.07, 6.45) is -4.62. The topological polar surface area (TPSA) is 78.4 Å². The van der Waals surface area contributed by atoms with Crippen molar-refractivity contribution in [2.45, 2.75) is 12.6 Å². The number of alkyl halides is 3. The molecule has 0 spiro atoms. The van der Waals surface area contributed by atoms with Crippen LogP contribution in [0.5, 0.6) is 0 Å². The Morgan fingerprint density at radius 1 is 1.27 bits per heavy atom. The van der Waals surface area contributed by atoms with E-state index in [-0.39, 0.29) is 19.5 Å². The van der Waals surface area contributed by atoms with Crippen molar-refractivity contribution in [1.82, 2.24) is 10.6 Å². The number of aliphatic carboxylic acids is 1. The van der Waals surface area contributed by atoms with Crippen molar-refractivity contribution < 1.29 is 27.9 Å². The molecule has 0 unspecified atom stereocenters. The molecule has 3 N–H and O–H groups in total. The highest BCUT2D eigenvalue weighted by atomic mass is 19.4. The third-order valence-corrected chi connectivity index (χ3v) is 1.29. The lowest BCUT2D eigenvalue weighted by atomic mass is 10.4. The zero-order chi connectivity index (χ0) is 11.9. The van der Waals surface area contributed by atoms with Gasteiger partial charge in [0.2, 0.25) is 5.91 Å². The summed E-state index contributed by atoms with van der Waals surface area (Å²) in [6.45, 7) is -1.68. The molecule has 5 nitrogen and oxygen atoms in total. The molecule has 0 atom stereocenters. The SMILES string of the molecule is O=C(O)CCNCC(=O)NCC(F)(F)F. The lowest BCUT2D eigenvalue weighted by Gasteiger charge is -2.08. The largest absolute Gasteiger partial charge is 0.481 e. The van der Waals surface area contributed by atoms with Gasteiger partial charge in [-0.3, -0.25) is 9.59 Å². The molecule has 0 heterocycles. The number of carbonyl (C=O) groups excluding carboxylic acids is 1. The molecule has 0 saturated carbocycles. The minimum atomic E-state index is -4.43. The number of halogens is 3. The van der Waals surface area contributed by atoms with Gasteiger partial charge >= 0.3 is 12.1 Å². The highest BCUT2D eigenvalue weighted by molar-refractivity contribution is 5.78. The number of carboxylic acid groups (broad SMARTS) is 1. The van der Waals surface area contributed by atoms with Crippen molar-refractivity contribution in [1.29, 1.82) is 0 Å². The molecule has 0 aliphatic heterocycles. The highest BCUT2D eigenvalue weighted by Crippen LogP contribution is 2.11. The Kier molecular flexibility index (Phi) is 5.68. The number of hydrogen-bond donors (Lipinski definition) is 3. The summed E-state index contributed by atoms with van der Waals surface area (Å²) in [5.74, 6) is -1.86. The Balaban J connectivity index is 3.46. The van der Waals surface area contributed by atoms with Crippen molar-refractivity contribution in [3.05, 3.63) is 0 Å². The Hall–Kier alpha value is -1.31. The molecule has 0 fully saturated rings. The Morgan fingerprint density at radius 2 is 1.87 bits per heavy atom. The first kappa shape index (κ1) is 13.7. The minimum absolute atomic E-state index is 0.0365. The van der Waals surface area contributed by atoms with Crippen molar-refractivity contribution in [2.24, 2.45) is 0 Å². The van der Waals surface area contributed by atoms with Crippen molar-refractivity contribution in [3.63, 3.8) is 0 Å². The third-order valence-electron chi connectivity index (χ3n) is 1.29. The number of carbonyl (C=O) groups is 2. The van der Waals surface area contributed by atoms with E-state index in [0.717, 1.165) is 0 Å². The van der Waals surface area contributed by atoms with E-state index in [1.165, 1.54) is 0 Å². The summed E-state index contributed by atoms with van der Waals surface area (Å²) in [5.41, 5.74) is 0. The second-order valence-electron chi connectivity index (χ2n) is 2.71. The first-order valence-electron chi connectivity index (χ1n) is 4.07. The maximum atomic E-state index is 11.6. The average molecular weight is 228 g/mol. The number of hydrogen-bond acceptors (Lipinski definition) is 3. The average Bonchev–Trinajstić information content (AvgIpc) is 2.07. The van der Waals surface area contributed by atoms with Gasteiger partial charge in [0.05, 0.1) is 13.0 Å². The van der Waals surface area contributed by atoms with Gasteiger partial charge in [-0.2, -0.15) is 13.2 Å². The fourth-order valence-corrected chi connectivity index (χ4v) is 0.659. The second-order valence-corrected chi connectivity index (χ2v) is 2.71. The lowest BCUT2D eigenvalue weighted by Crippen LogP contribution is -2.39. The zero-order valence-corrected chi connectivity index (χ0v) is 7.73. The van der Waals surface area contributed by atoms with Crippen LogP contribution in [0.3, 0.4) is 0 Å². The van der Waals surface area contributed by atoms with Crippen molar-refractivity contribution in [3.8, 4) is 0 Å². The maximum absolute atomic E-state index is 11.6. The van der Waals surface area contributed by atoms with Crippen LogP contribution in [0.2, 0.25) is 0 Å². The van der Waals surface area contributed by atoms with Gasteiger partial charge in [0.15, 0.2) is 0 Å². The smallest absolute Gasteiger partial charge is 0.405 e. The molecular weight excluding hydrogens is 217 g/mol. The van der Waals surface area contributed by atoms with E-state index in [9.17, 15) is 22.8 Å². The van der Waals surface area contributed by atoms with E-state index in [4.69, 9.17) is 5.11 Å². The predicted molar refractivity (Wildman–Crippen MR) is 44.2 cm³/mol. The molecule has 0 aromatic rings. The summed E-state index contributed by atoms with van der Waals surface area (Å²) in [5, 5.41) is 12.2. The molecule has 88 valence electrons. The molecule has 0 radical (unpaired) electrons. The molecule has 0 rings (SSSR count). The van der Waals surface area contributed by atoms with Crippen LogP contribution < -0.4 is 10.6 Å². The minimum Gasteiger partial charge on any atom is -0.481 e. The summed E-state index contributed by atoms with van der Waals surface area (Å²) < 4.78 is 34.8. The zero-order valence-electron chi connectivity index (χ0n) is 7.73. The second kappa shape index (κ2) is 6.23. The van der Waals surface area contributed by atoms with Crippen LogP contribution in [0.4, 0.5) is 13.2 Å². The van der Waals surface area contributed by atoms with Gasteiger partial charge in [-0.1, -0.05) is 0 Å². The molecule has 1 amide bonds. The molecular formula is C7H11F3N2O3. The van der Waals surface area contributed by atoms with Gasteiger partial charge in [0, 0.05) is 6.54 Å². The molecule has 0 aliphatic carbocycles. The normalized spacial score (nSPS) is 11.1. The van der Waals surface area contributed by atoms with Gasteiger partial charge in [-0.15, -0.1) is 0 Å². The third kappa shape index (κ3) is 10.6. The first-order valence-corrected chi connectivity index (χ1v) is 4.07. The molecule has 15 heavy (non-hydrogen) atoms. The lowest BCUT2D eigenvalue weighted by molar-refractivity contribution is -0.138. The van der Waals surface area contributed by atoms with E-state index in [1.807, 2.05) is 0 Å². The van der Waals surface area contributed by atoms with E-state index < -0.39 is 24.6 Å². The van der Waals surface area contributed by atoms with E-state index in [1.54, 1.807) is 5.32 Å². The van der Waals surface area contributed by atoms with Crippen LogP contribution in [0.1, 0.15) is 6.42 Å². The van der Waals surface area contributed by atoms with Gasteiger partial charge in [-0.25, -0.2) is 0 Å². The van der Waals surface area contributed by atoms with Crippen LogP contribution in [0.25, 0.3) is 0 Å². The molecule has 0 saturated heterocycles. The van der Waals surface area contributed by atoms with Gasteiger partial charge in [0.1, 0.15) is 6.54 Å². The van der Waals surface area contributed by atoms with Crippen molar-refractivity contribution >= 4 is 11.9 Å². The van der Waals surface area contributed by atoms with Crippen LogP contribution >= 0.6 is 0 Å². The van der Waals surface area contributed by atoms with E-state index in [2.05, 4.69) is 5.32 Å². The van der Waals surface area contributed by atoms with Crippen LogP contribution in [0.15, 0.2) is 0 Å². The Labute approximate surface area is 83.6 Å². The van der Waals surface area contributed by atoms with Crippen LogP contribution in [-0.4, -0.2) is 42.8 Å². The summed E-state index contributed by atoms with van der Waals surface area (Å²) in [7, 11) is 0. The number of amides is 1. The summed E-state index contributed by atoms with van der Waals surface area (Å²) in [4.78, 5) is 20.7. The maximum Gasteiger partial charge on any atom is 0.405 e. The van der Waals surface area contributed by atoms with Crippen LogP contribution in [0, 0.1) is 0 Å². The van der Waals surface area contributed by atoms with Gasteiger partial charge < -0.3 is 15.7 Å². The molecule has 0 aromatic carbocycles. The number of carboxylic acids is 1. The van der Waals surface area contributed by atoms with Gasteiger partial charge in [-0.05, 0) is 0 Å². The van der Waals surface area contributed by atoms with Crippen LogP contribution in [-0.2, 0) is 9.59 Å². The molecule has 0 aliphatic rings. The van der Waals surface area contributed by atoms with Gasteiger partial charge in [0.25, 0.3) is 0 Å². The highest BCUT2D eigenvalue weighted by Gasteiger charge is 2.27. The van der Waals surface area contributed by atoms with E-state index in [0.29, 0.717) is 0 Å².